The molecule has 0 amide bonds. The van der Waals surface area contributed by atoms with Crippen LogP contribution in [0, 0.1) is 6.92 Å². The lowest BCUT2D eigenvalue weighted by atomic mass is 10.8. The number of hydrogen-bond acceptors (Lipinski definition) is 1. The number of ether oxygens (including phenoxy) is 1. The molecule has 1 heterocycles. The van der Waals surface area contributed by atoms with Crippen LogP contribution in [0.25, 0.3) is 0 Å². The third-order valence-corrected chi connectivity index (χ3v) is 0.254. The molecule has 1 aliphatic rings. The molecule has 0 atom stereocenters. The van der Waals surface area contributed by atoms with Crippen LogP contribution in [0.4, 0.5) is 0 Å². The van der Waals surface area contributed by atoms with Gasteiger partial charge in [-0.25, -0.2) is 0 Å². The molecule has 1 aliphatic heterocycles. The molecule has 20 valence electrons. The molecule has 0 N–H and O–H groups in total. The van der Waals surface area contributed by atoms with Gasteiger partial charge in [0.05, 0.1) is 0 Å². The summed E-state index contributed by atoms with van der Waals surface area (Å²) < 4.78 is 4.28. The second-order valence-electron chi connectivity index (χ2n) is 0.638. The van der Waals surface area contributed by atoms with E-state index < -0.39 is 0 Å². The van der Waals surface area contributed by atoms with Crippen molar-refractivity contribution in [3.05, 3.63) is 18.9 Å². The highest BCUT2D eigenvalue weighted by atomic mass is 16.5. The normalized spacial score (nSPS) is 17.8. The van der Waals surface area contributed by atoms with Gasteiger partial charge < -0.3 is 4.74 Å². The topological polar surface area (TPSA) is 12.5 Å². The minimum Gasteiger partial charge on any atom is -0.462 e. The van der Waals surface area contributed by atoms with Crippen molar-refractivity contribution in [1.82, 2.24) is 0 Å². The number of rotatable bonds is 0. The van der Waals surface area contributed by atoms with Gasteiger partial charge in [-0.3, -0.25) is 0 Å². The number of hydrogen-bond donors (Lipinski definition) is 0. The standard InChI is InChI=1S/C3H2O/c1-3-2-4-3/h1-2H. The Morgan fingerprint density at radius 2 is 2.25 bits per heavy atom. The zero-order chi connectivity index (χ0) is 2.99. The molecule has 1 rings (SSSR count). The first-order chi connectivity index (χ1) is 1.89. The summed E-state index contributed by atoms with van der Waals surface area (Å²) in [4.78, 5) is 0. The van der Waals surface area contributed by atoms with E-state index in [4.69, 9.17) is 6.92 Å². The van der Waals surface area contributed by atoms with E-state index in [-0.39, 0.29) is 0 Å². The van der Waals surface area contributed by atoms with Gasteiger partial charge in [-0.2, -0.15) is 0 Å². The Hall–Kier alpha value is -0.460. The van der Waals surface area contributed by atoms with E-state index in [1.807, 2.05) is 0 Å². The molecular weight excluding hydrogens is 52.0 g/mol. The predicted molar refractivity (Wildman–Crippen MR) is 13.5 cm³/mol. The third kappa shape index (κ3) is 0.0696. The molecule has 0 spiro atoms. The van der Waals surface area contributed by atoms with Crippen LogP contribution in [0.3, 0.4) is 0 Å². The van der Waals surface area contributed by atoms with E-state index in [2.05, 4.69) is 4.74 Å². The summed E-state index contributed by atoms with van der Waals surface area (Å²) >= 11 is 0. The van der Waals surface area contributed by atoms with Crippen LogP contribution in [0.15, 0.2) is 12.0 Å². The average molecular weight is 54.0 g/mol. The van der Waals surface area contributed by atoms with Crippen molar-refractivity contribution in [3.8, 4) is 0 Å². The molecule has 0 bridgehead atoms. The van der Waals surface area contributed by atoms with Gasteiger partial charge in [-0.15, -0.1) is 0 Å². The van der Waals surface area contributed by atoms with Crippen LogP contribution in [-0.4, -0.2) is 0 Å². The van der Waals surface area contributed by atoms with Crippen molar-refractivity contribution in [3.63, 3.8) is 0 Å². The Labute approximate surface area is 24.9 Å². The molecule has 2 radical (unpaired) electrons. The smallest absolute Gasteiger partial charge is 0.143 e. The van der Waals surface area contributed by atoms with Gasteiger partial charge >= 0.3 is 0 Å². The molecule has 0 saturated carbocycles. The van der Waals surface area contributed by atoms with Crippen LogP contribution < -0.4 is 0 Å². The lowest BCUT2D eigenvalue weighted by Crippen LogP contribution is -1.34. The summed E-state index contributed by atoms with van der Waals surface area (Å²) in [5.74, 6) is 0.542. The van der Waals surface area contributed by atoms with Gasteiger partial charge in [0, 0.05) is 6.92 Å². The maximum Gasteiger partial charge on any atom is 0.143 e. The lowest BCUT2D eigenvalue weighted by molar-refractivity contribution is 0.515. The third-order valence-electron chi connectivity index (χ3n) is 0.254. The van der Waals surface area contributed by atoms with E-state index in [0.717, 1.165) is 0 Å². The Morgan fingerprint density at radius 3 is 2.25 bits per heavy atom. The largest absolute Gasteiger partial charge is 0.462 e. The average Bonchev–Trinajstić information content (AvgIpc) is 1.75. The maximum absolute atomic E-state index is 4.86. The Kier molecular flexibility index (Phi) is 0.133. The molecule has 0 aromatic carbocycles. The molecule has 1 heteroatoms. The fourth-order valence-electron chi connectivity index (χ4n) is 0.0340. The van der Waals surface area contributed by atoms with Crippen molar-refractivity contribution in [2.24, 2.45) is 0 Å². The molecular formula is C3H2O. The van der Waals surface area contributed by atoms with Gasteiger partial charge in [-0.05, 0) is 0 Å². The zero-order valence-corrected chi connectivity index (χ0v) is 2.06. The summed E-state index contributed by atoms with van der Waals surface area (Å²) in [5.41, 5.74) is 0. The first-order valence-electron chi connectivity index (χ1n) is 1.02. The summed E-state index contributed by atoms with van der Waals surface area (Å²) in [5, 5.41) is 0. The molecule has 0 aromatic heterocycles. The number of allylic oxidation sites excluding steroid dienone is 1. The maximum atomic E-state index is 4.86. The van der Waals surface area contributed by atoms with E-state index >= 15 is 0 Å². The van der Waals surface area contributed by atoms with Crippen LogP contribution in [0.5, 0.6) is 0 Å². The van der Waals surface area contributed by atoms with Crippen molar-refractivity contribution in [1.29, 1.82) is 0 Å². The lowest BCUT2D eigenvalue weighted by Gasteiger charge is -1.52. The summed E-state index contributed by atoms with van der Waals surface area (Å²) in [6.45, 7) is 4.86. The second kappa shape index (κ2) is 0.292. The van der Waals surface area contributed by atoms with Crippen LogP contribution in [0.2, 0.25) is 0 Å². The summed E-state index contributed by atoms with van der Waals surface area (Å²) in [6.07, 6.45) is 1.49. The summed E-state index contributed by atoms with van der Waals surface area (Å²) in [6, 6.07) is 0. The molecule has 0 saturated heterocycles. The Bertz CT molecular complexity index is 54.3. The fraction of sp³-hybridized carbons (Fsp3) is 0. The Balaban J connectivity index is 2.54. The first-order valence-corrected chi connectivity index (χ1v) is 1.02. The minimum absolute atomic E-state index is 0.542. The van der Waals surface area contributed by atoms with Gasteiger partial charge in [-0.1, -0.05) is 0 Å². The molecule has 4 heavy (non-hydrogen) atoms. The van der Waals surface area contributed by atoms with Gasteiger partial charge in [0.15, 0.2) is 0 Å². The zero-order valence-electron chi connectivity index (χ0n) is 2.06. The van der Waals surface area contributed by atoms with Crippen LogP contribution >= 0.6 is 0 Å². The SMILES string of the molecule is [CH]C1=CO1. The van der Waals surface area contributed by atoms with Crippen molar-refractivity contribution in [2.45, 2.75) is 0 Å². The molecule has 0 aliphatic carbocycles. The fourth-order valence-corrected chi connectivity index (χ4v) is 0.0340. The predicted octanol–water partition coefficient (Wildman–Crippen LogP) is 0.569. The molecule has 1 nitrogen and oxygen atoms in total. The van der Waals surface area contributed by atoms with Crippen molar-refractivity contribution >= 4 is 0 Å². The molecule has 0 fully saturated rings. The van der Waals surface area contributed by atoms with E-state index in [0.29, 0.717) is 5.76 Å². The van der Waals surface area contributed by atoms with E-state index in [9.17, 15) is 0 Å². The van der Waals surface area contributed by atoms with E-state index in [1.165, 1.54) is 6.26 Å². The molecule has 0 unspecified atom stereocenters. The van der Waals surface area contributed by atoms with Gasteiger partial charge in [0.25, 0.3) is 0 Å². The highest BCUT2D eigenvalue weighted by molar-refractivity contribution is 5.04. The highest BCUT2D eigenvalue weighted by Gasteiger charge is 1.96. The second-order valence-corrected chi connectivity index (χ2v) is 0.638. The van der Waals surface area contributed by atoms with Gasteiger partial charge in [0.1, 0.15) is 12.0 Å². The summed E-state index contributed by atoms with van der Waals surface area (Å²) in [7, 11) is 0. The van der Waals surface area contributed by atoms with Crippen molar-refractivity contribution in [2.75, 3.05) is 0 Å². The van der Waals surface area contributed by atoms with Crippen LogP contribution in [-0.2, 0) is 4.74 Å². The molecule has 0 aromatic rings. The van der Waals surface area contributed by atoms with Crippen LogP contribution in [0.1, 0.15) is 0 Å². The van der Waals surface area contributed by atoms with Gasteiger partial charge in [0.2, 0.25) is 0 Å². The minimum atomic E-state index is 0.542. The van der Waals surface area contributed by atoms with Crippen molar-refractivity contribution < 1.29 is 4.74 Å². The highest BCUT2D eigenvalue weighted by Crippen LogP contribution is 2.07. The Morgan fingerprint density at radius 1 is 2.00 bits per heavy atom. The van der Waals surface area contributed by atoms with E-state index in [1.54, 1.807) is 0 Å². The monoisotopic (exact) mass is 54.0 g/mol. The quantitative estimate of drug-likeness (QED) is 0.394. The first kappa shape index (κ1) is 1.82.